The van der Waals surface area contributed by atoms with Gasteiger partial charge in [-0.25, -0.2) is 0 Å². The predicted octanol–water partition coefficient (Wildman–Crippen LogP) is 2.26. The van der Waals surface area contributed by atoms with Crippen LogP contribution in [0.1, 0.15) is 45.1 Å². The first-order valence-corrected chi connectivity index (χ1v) is 6.19. The fraction of sp³-hybridized carbons (Fsp3) is 0.692. The zero-order chi connectivity index (χ0) is 12.5. The van der Waals surface area contributed by atoms with Gasteiger partial charge in [-0.05, 0) is 19.4 Å². The molecule has 0 spiro atoms. The topological polar surface area (TPSA) is 55.1 Å². The second kappa shape index (κ2) is 5.85. The molecule has 0 bridgehead atoms. The van der Waals surface area contributed by atoms with Crippen LogP contribution in [0.4, 0.5) is 0 Å². The van der Waals surface area contributed by atoms with Gasteiger partial charge in [-0.1, -0.05) is 25.9 Å². The molecule has 18 heavy (non-hydrogen) atoms. The van der Waals surface area contributed by atoms with Crippen molar-refractivity contribution in [2.24, 2.45) is 0 Å². The summed E-state index contributed by atoms with van der Waals surface area (Å²) in [4.78, 5) is 11.9. The maximum atomic E-state index is 11.9. The Labute approximate surface area is 114 Å². The monoisotopic (exact) mass is 272 g/mol. The van der Waals surface area contributed by atoms with Gasteiger partial charge in [0.25, 0.3) is 0 Å². The molecule has 0 amide bonds. The van der Waals surface area contributed by atoms with Crippen LogP contribution in [0.15, 0.2) is 10.6 Å². The maximum Gasteiger partial charge on any atom is 0.157 e. The van der Waals surface area contributed by atoms with Crippen LogP contribution in [0.2, 0.25) is 0 Å². The summed E-state index contributed by atoms with van der Waals surface area (Å²) in [5, 5.41) is 7.22. The third kappa shape index (κ3) is 3.56. The van der Waals surface area contributed by atoms with Gasteiger partial charge in [0.15, 0.2) is 5.78 Å². The second-order valence-electron chi connectivity index (χ2n) is 5.72. The summed E-state index contributed by atoms with van der Waals surface area (Å²) in [6, 6.07) is 1.91. The summed E-state index contributed by atoms with van der Waals surface area (Å²) in [5.41, 5.74) is 0.871. The highest BCUT2D eigenvalue weighted by Gasteiger charge is 2.24. The largest absolute Gasteiger partial charge is 0.361 e. The molecule has 0 unspecified atom stereocenters. The number of hydrogen-bond acceptors (Lipinski definition) is 4. The summed E-state index contributed by atoms with van der Waals surface area (Å²) in [6.45, 7) is 7.18. The lowest BCUT2D eigenvalue weighted by Crippen LogP contribution is -2.31. The molecule has 0 aromatic carbocycles. The molecule has 1 atom stereocenters. The van der Waals surface area contributed by atoms with Crippen molar-refractivity contribution in [3.63, 3.8) is 0 Å². The molecule has 1 aromatic heterocycles. The van der Waals surface area contributed by atoms with Crippen molar-refractivity contribution in [2.45, 2.75) is 51.5 Å². The van der Waals surface area contributed by atoms with Crippen molar-refractivity contribution in [1.82, 2.24) is 10.5 Å². The molecule has 1 saturated heterocycles. The summed E-state index contributed by atoms with van der Waals surface area (Å²) in [5.74, 6) is 0.882. The minimum Gasteiger partial charge on any atom is -0.361 e. The number of carbonyl (C=O) groups is 1. The van der Waals surface area contributed by atoms with Gasteiger partial charge in [-0.2, -0.15) is 0 Å². The van der Waals surface area contributed by atoms with E-state index in [1.807, 2.05) is 6.07 Å². The highest BCUT2D eigenvalue weighted by molar-refractivity contribution is 5.86. The van der Waals surface area contributed by atoms with E-state index in [1.165, 1.54) is 0 Å². The smallest absolute Gasteiger partial charge is 0.157 e. The van der Waals surface area contributed by atoms with E-state index >= 15 is 0 Å². The van der Waals surface area contributed by atoms with Crippen LogP contribution in [0.5, 0.6) is 0 Å². The lowest BCUT2D eigenvalue weighted by molar-refractivity contribution is -0.120. The number of halogens is 1. The van der Waals surface area contributed by atoms with E-state index in [-0.39, 0.29) is 29.6 Å². The highest BCUT2D eigenvalue weighted by Crippen LogP contribution is 2.22. The Bertz CT molecular complexity index is 403. The van der Waals surface area contributed by atoms with Crippen LogP contribution in [0.3, 0.4) is 0 Å². The zero-order valence-corrected chi connectivity index (χ0v) is 12.0. The number of ketones is 1. The van der Waals surface area contributed by atoms with Crippen LogP contribution in [0, 0.1) is 0 Å². The molecule has 2 heterocycles. The van der Waals surface area contributed by atoms with Gasteiger partial charge in [0, 0.05) is 11.5 Å². The fourth-order valence-corrected chi connectivity index (χ4v) is 2.00. The number of nitrogens with zero attached hydrogens (tertiary/aromatic N) is 1. The average Bonchev–Trinajstić information content (AvgIpc) is 2.85. The minimum absolute atomic E-state index is 0. The van der Waals surface area contributed by atoms with Crippen LogP contribution in [-0.2, 0) is 16.6 Å². The van der Waals surface area contributed by atoms with Gasteiger partial charge in [-0.3, -0.25) is 4.79 Å². The molecule has 0 aliphatic carbocycles. The molecule has 2 rings (SSSR count). The van der Waals surface area contributed by atoms with Crippen LogP contribution in [0.25, 0.3) is 0 Å². The lowest BCUT2D eigenvalue weighted by Gasteiger charge is -2.12. The summed E-state index contributed by atoms with van der Waals surface area (Å²) < 4.78 is 5.22. The minimum atomic E-state index is -0.0313. The Balaban J connectivity index is 0.00000162. The molecule has 1 aliphatic rings. The van der Waals surface area contributed by atoms with Crippen molar-refractivity contribution < 1.29 is 9.32 Å². The number of aromatic nitrogens is 1. The molecule has 1 fully saturated rings. The molecule has 1 N–H and O–H groups in total. The van der Waals surface area contributed by atoms with E-state index < -0.39 is 0 Å². The van der Waals surface area contributed by atoms with E-state index in [9.17, 15) is 4.79 Å². The number of Topliss-reactive ketones (excluding diaryl/α,β-unsaturated/α-hetero) is 1. The summed E-state index contributed by atoms with van der Waals surface area (Å²) >= 11 is 0. The van der Waals surface area contributed by atoms with E-state index in [2.05, 4.69) is 31.2 Å². The number of nitrogens with one attached hydrogen (secondary N) is 1. The molecule has 1 aromatic rings. The van der Waals surface area contributed by atoms with Gasteiger partial charge in [0.05, 0.1) is 18.2 Å². The number of carbonyl (C=O) groups excluding carboxylic acids is 1. The Morgan fingerprint density at radius 1 is 1.56 bits per heavy atom. The van der Waals surface area contributed by atoms with Gasteiger partial charge >= 0.3 is 0 Å². The highest BCUT2D eigenvalue weighted by atomic mass is 35.5. The quantitative estimate of drug-likeness (QED) is 0.917. The summed E-state index contributed by atoms with van der Waals surface area (Å²) in [7, 11) is 0. The Morgan fingerprint density at radius 2 is 2.28 bits per heavy atom. The fourth-order valence-electron chi connectivity index (χ4n) is 2.00. The van der Waals surface area contributed by atoms with Crippen LogP contribution >= 0.6 is 12.4 Å². The Kier molecular flexibility index (Phi) is 4.93. The average molecular weight is 273 g/mol. The Hall–Kier alpha value is -0.870. The molecule has 4 nitrogen and oxygen atoms in total. The molecule has 102 valence electrons. The first kappa shape index (κ1) is 15.2. The van der Waals surface area contributed by atoms with E-state index in [0.29, 0.717) is 12.2 Å². The maximum absolute atomic E-state index is 11.9. The lowest BCUT2D eigenvalue weighted by atomic mass is 9.92. The number of hydrogen-bond donors (Lipinski definition) is 1. The van der Waals surface area contributed by atoms with E-state index in [4.69, 9.17) is 4.52 Å². The van der Waals surface area contributed by atoms with Gasteiger partial charge in [-0.15, -0.1) is 12.4 Å². The van der Waals surface area contributed by atoms with Crippen LogP contribution in [-0.4, -0.2) is 23.5 Å². The summed E-state index contributed by atoms with van der Waals surface area (Å²) in [6.07, 6.45) is 2.37. The van der Waals surface area contributed by atoms with Crippen molar-refractivity contribution in [3.8, 4) is 0 Å². The van der Waals surface area contributed by atoms with Gasteiger partial charge < -0.3 is 9.84 Å². The molecular weight excluding hydrogens is 252 g/mol. The first-order chi connectivity index (χ1) is 7.97. The van der Waals surface area contributed by atoms with Crippen molar-refractivity contribution >= 4 is 18.2 Å². The van der Waals surface area contributed by atoms with Gasteiger partial charge in [0.2, 0.25) is 0 Å². The Morgan fingerprint density at radius 3 is 2.78 bits per heavy atom. The first-order valence-electron chi connectivity index (χ1n) is 6.19. The third-order valence-corrected chi connectivity index (χ3v) is 3.12. The molecule has 0 radical (unpaired) electrons. The number of rotatable bonds is 3. The van der Waals surface area contributed by atoms with Gasteiger partial charge in [0.1, 0.15) is 5.76 Å². The third-order valence-electron chi connectivity index (χ3n) is 3.12. The zero-order valence-electron chi connectivity index (χ0n) is 11.2. The molecule has 0 saturated carbocycles. The van der Waals surface area contributed by atoms with Crippen molar-refractivity contribution in [3.05, 3.63) is 17.5 Å². The molecule has 1 aliphatic heterocycles. The molecular formula is C13H21ClN2O2. The van der Waals surface area contributed by atoms with Crippen molar-refractivity contribution in [1.29, 1.82) is 0 Å². The van der Waals surface area contributed by atoms with E-state index in [0.717, 1.165) is 25.1 Å². The molecule has 5 heteroatoms. The predicted molar refractivity (Wildman–Crippen MR) is 72.2 cm³/mol. The van der Waals surface area contributed by atoms with Crippen LogP contribution < -0.4 is 5.32 Å². The standard InChI is InChI=1S/C13H20N2O2.ClH/c1-13(2,3)12-8-9(17-15-12)7-11(16)10-5-4-6-14-10;/h8,10,14H,4-7H2,1-3H3;1H/t10-;/m0./s1. The normalized spacial score (nSPS) is 19.6. The van der Waals surface area contributed by atoms with Crippen molar-refractivity contribution in [2.75, 3.05) is 6.54 Å². The second-order valence-corrected chi connectivity index (χ2v) is 5.72. The van der Waals surface area contributed by atoms with E-state index in [1.54, 1.807) is 0 Å². The SMILES string of the molecule is CC(C)(C)c1cc(CC(=O)[C@@H]2CCCN2)on1.Cl.